The van der Waals surface area contributed by atoms with Gasteiger partial charge in [-0.05, 0) is 31.2 Å². The summed E-state index contributed by atoms with van der Waals surface area (Å²) in [4.78, 5) is 25.8. The van der Waals surface area contributed by atoms with Gasteiger partial charge in [0.15, 0.2) is 11.3 Å². The summed E-state index contributed by atoms with van der Waals surface area (Å²) in [5.74, 6) is -0.317. The van der Waals surface area contributed by atoms with E-state index < -0.39 is 17.7 Å². The quantitative estimate of drug-likeness (QED) is 0.502. The number of carbonyl (C=O) groups is 1. The van der Waals surface area contributed by atoms with E-state index in [1.165, 1.54) is 30.6 Å². The molecule has 1 saturated heterocycles. The lowest BCUT2D eigenvalue weighted by atomic mass is 9.82. The fourth-order valence-corrected chi connectivity index (χ4v) is 5.47. The Kier molecular flexibility index (Phi) is 8.40. The van der Waals surface area contributed by atoms with Gasteiger partial charge in [0.1, 0.15) is 24.3 Å². The molecular formula is C25H33F2N5O3S. The zero-order valence-electron chi connectivity index (χ0n) is 20.7. The molecule has 4 rings (SSSR count). The number of oxime groups is 1. The lowest BCUT2D eigenvalue weighted by Crippen LogP contribution is -2.53. The summed E-state index contributed by atoms with van der Waals surface area (Å²) < 4.78 is 35.1. The third-order valence-electron chi connectivity index (χ3n) is 6.72. The number of carbonyl (C=O) groups excluding carboxylic acids is 1. The maximum Gasteiger partial charge on any atom is 0.257 e. The second kappa shape index (κ2) is 11.5. The predicted octanol–water partition coefficient (Wildman–Crippen LogP) is 4.00. The second-order valence-electron chi connectivity index (χ2n) is 9.36. The Morgan fingerprint density at radius 2 is 2.17 bits per heavy atom. The SMILES string of the molecule is CCCN(CCC(F)C(=O)N1CCC2(CC1)C/C(=N\OC)c1cc(F)ccc1O2)Cc1csc(N)n1. The highest BCUT2D eigenvalue weighted by Crippen LogP contribution is 2.40. The van der Waals surface area contributed by atoms with Gasteiger partial charge >= 0.3 is 0 Å². The van der Waals surface area contributed by atoms with Crippen LogP contribution in [-0.2, 0) is 16.2 Å². The van der Waals surface area contributed by atoms with E-state index >= 15 is 4.39 Å². The maximum absolute atomic E-state index is 15.0. The molecule has 1 aromatic heterocycles. The number of hydrogen-bond donors (Lipinski definition) is 1. The number of nitrogens with zero attached hydrogens (tertiary/aromatic N) is 4. The van der Waals surface area contributed by atoms with E-state index in [4.69, 9.17) is 15.3 Å². The van der Waals surface area contributed by atoms with Crippen LogP contribution in [0.5, 0.6) is 5.75 Å². The number of nitrogen functional groups attached to an aromatic ring is 1. The van der Waals surface area contributed by atoms with Crippen LogP contribution in [0, 0.1) is 5.82 Å². The average Bonchev–Trinajstić information content (AvgIpc) is 3.27. The van der Waals surface area contributed by atoms with Gasteiger partial charge in [-0.25, -0.2) is 13.8 Å². The van der Waals surface area contributed by atoms with Gasteiger partial charge in [0.25, 0.3) is 5.91 Å². The number of nitrogens with two attached hydrogens (primary N) is 1. The van der Waals surface area contributed by atoms with Crippen LogP contribution in [-0.4, -0.2) is 71.5 Å². The lowest BCUT2D eigenvalue weighted by Gasteiger charge is -2.44. The molecule has 2 aromatic rings. The summed E-state index contributed by atoms with van der Waals surface area (Å²) in [5.41, 5.74) is 7.18. The van der Waals surface area contributed by atoms with E-state index in [2.05, 4.69) is 22.0 Å². The molecule has 36 heavy (non-hydrogen) atoms. The highest BCUT2D eigenvalue weighted by atomic mass is 32.1. The predicted molar refractivity (Wildman–Crippen MR) is 135 cm³/mol. The molecule has 1 atom stereocenters. The molecule has 1 spiro atoms. The van der Waals surface area contributed by atoms with Gasteiger partial charge in [0.05, 0.1) is 11.4 Å². The minimum atomic E-state index is -1.57. The summed E-state index contributed by atoms with van der Waals surface area (Å²) in [6.45, 7) is 4.67. The summed E-state index contributed by atoms with van der Waals surface area (Å²) in [6, 6.07) is 4.32. The molecule has 1 unspecified atom stereocenters. The molecule has 8 nitrogen and oxygen atoms in total. The number of rotatable bonds is 9. The minimum Gasteiger partial charge on any atom is -0.486 e. The highest BCUT2D eigenvalue weighted by Gasteiger charge is 2.44. The Morgan fingerprint density at radius 1 is 1.39 bits per heavy atom. The fraction of sp³-hybridized carbons (Fsp3) is 0.560. The maximum atomic E-state index is 15.0. The molecule has 0 radical (unpaired) electrons. The molecular weight excluding hydrogens is 488 g/mol. The van der Waals surface area contributed by atoms with Crippen molar-refractivity contribution < 1.29 is 23.1 Å². The molecule has 2 aliphatic rings. The first-order chi connectivity index (χ1) is 17.3. The van der Waals surface area contributed by atoms with Crippen LogP contribution in [0.15, 0.2) is 28.7 Å². The van der Waals surface area contributed by atoms with Gasteiger partial charge < -0.3 is 20.2 Å². The van der Waals surface area contributed by atoms with Crippen LogP contribution < -0.4 is 10.5 Å². The number of fused-ring (bicyclic) bond motifs is 1. The van der Waals surface area contributed by atoms with Crippen molar-refractivity contribution in [2.75, 3.05) is 39.0 Å². The van der Waals surface area contributed by atoms with Crippen LogP contribution in [0.4, 0.5) is 13.9 Å². The largest absolute Gasteiger partial charge is 0.486 e. The standard InChI is InChI=1S/C25H33F2N5O3S/c1-3-9-31(15-18-16-36-24(28)29-18)10-6-20(27)23(33)32-11-7-25(8-12-32)14-21(30-34-2)19-13-17(26)4-5-22(19)35-25/h4-5,13,16,20H,3,6-12,14-15H2,1-2H3,(H2,28,29)/b30-21+. The Morgan fingerprint density at radius 3 is 2.83 bits per heavy atom. The summed E-state index contributed by atoms with van der Waals surface area (Å²) in [5, 5.41) is 6.52. The molecule has 3 heterocycles. The third kappa shape index (κ3) is 6.12. The van der Waals surface area contributed by atoms with E-state index in [1.54, 1.807) is 11.0 Å². The van der Waals surface area contributed by atoms with Gasteiger partial charge in [-0.1, -0.05) is 12.1 Å². The lowest BCUT2D eigenvalue weighted by molar-refractivity contribution is -0.140. The molecule has 0 bridgehead atoms. The normalized spacial score (nSPS) is 18.8. The molecule has 1 fully saturated rings. The highest BCUT2D eigenvalue weighted by molar-refractivity contribution is 7.13. The molecule has 0 saturated carbocycles. The Hall–Kier alpha value is -2.79. The first kappa shape index (κ1) is 26.3. The summed E-state index contributed by atoms with van der Waals surface area (Å²) >= 11 is 1.39. The molecule has 1 aromatic carbocycles. The van der Waals surface area contributed by atoms with Crippen LogP contribution in [0.1, 0.15) is 50.3 Å². The van der Waals surface area contributed by atoms with Crippen molar-refractivity contribution in [2.24, 2.45) is 5.16 Å². The number of hydrogen-bond acceptors (Lipinski definition) is 8. The number of amides is 1. The molecule has 0 aliphatic carbocycles. The van der Waals surface area contributed by atoms with Crippen LogP contribution in [0.25, 0.3) is 0 Å². The first-order valence-electron chi connectivity index (χ1n) is 12.3. The van der Waals surface area contributed by atoms with Crippen molar-refractivity contribution in [3.63, 3.8) is 0 Å². The second-order valence-corrected chi connectivity index (χ2v) is 10.2. The van der Waals surface area contributed by atoms with Gasteiger partial charge in [-0.15, -0.1) is 11.3 Å². The summed E-state index contributed by atoms with van der Waals surface area (Å²) in [7, 11) is 1.45. The van der Waals surface area contributed by atoms with Crippen molar-refractivity contribution in [1.29, 1.82) is 0 Å². The number of benzene rings is 1. The number of ether oxygens (including phenoxy) is 1. The van der Waals surface area contributed by atoms with Crippen molar-refractivity contribution in [3.8, 4) is 5.75 Å². The van der Waals surface area contributed by atoms with E-state index in [1.807, 2.05) is 5.38 Å². The molecule has 2 N–H and O–H groups in total. The van der Waals surface area contributed by atoms with Gasteiger partial charge in [-0.3, -0.25) is 9.69 Å². The van der Waals surface area contributed by atoms with Gasteiger partial charge in [0, 0.05) is 62.8 Å². The average molecular weight is 522 g/mol. The summed E-state index contributed by atoms with van der Waals surface area (Å²) in [6.07, 6.45) is 0.964. The topological polar surface area (TPSA) is 93.3 Å². The van der Waals surface area contributed by atoms with E-state index in [0.29, 0.717) is 67.6 Å². The molecule has 1 amide bonds. The minimum absolute atomic E-state index is 0.125. The van der Waals surface area contributed by atoms with Crippen molar-refractivity contribution in [2.45, 2.75) is 57.3 Å². The zero-order chi connectivity index (χ0) is 25.7. The number of halogens is 2. The van der Waals surface area contributed by atoms with Crippen molar-refractivity contribution >= 4 is 28.1 Å². The Balaban J connectivity index is 1.33. The molecule has 196 valence electrons. The van der Waals surface area contributed by atoms with Crippen LogP contribution in [0.3, 0.4) is 0 Å². The molecule has 2 aliphatic heterocycles. The van der Waals surface area contributed by atoms with Crippen molar-refractivity contribution in [3.05, 3.63) is 40.7 Å². The van der Waals surface area contributed by atoms with E-state index in [-0.39, 0.29) is 12.2 Å². The molecule has 11 heteroatoms. The number of anilines is 1. The smallest absolute Gasteiger partial charge is 0.257 e. The number of piperidine rings is 1. The third-order valence-corrected chi connectivity index (χ3v) is 7.44. The van der Waals surface area contributed by atoms with Gasteiger partial charge in [-0.2, -0.15) is 0 Å². The Labute approximate surface area is 214 Å². The number of thiazole rings is 1. The number of aromatic nitrogens is 1. The zero-order valence-corrected chi connectivity index (χ0v) is 21.5. The Bertz CT molecular complexity index is 1090. The first-order valence-corrected chi connectivity index (χ1v) is 13.1. The van der Waals surface area contributed by atoms with Gasteiger partial charge in [0.2, 0.25) is 0 Å². The van der Waals surface area contributed by atoms with Crippen molar-refractivity contribution in [1.82, 2.24) is 14.8 Å². The number of likely N-dealkylation sites (tertiary alicyclic amines) is 1. The monoisotopic (exact) mass is 521 g/mol. The van der Waals surface area contributed by atoms with Crippen LogP contribution in [0.2, 0.25) is 0 Å². The fourth-order valence-electron chi connectivity index (χ4n) is 4.92. The van der Waals surface area contributed by atoms with Crippen LogP contribution >= 0.6 is 11.3 Å². The van der Waals surface area contributed by atoms with E-state index in [9.17, 15) is 9.18 Å². The number of alkyl halides is 1. The van der Waals surface area contributed by atoms with E-state index in [0.717, 1.165) is 18.7 Å².